The van der Waals surface area contributed by atoms with Crippen LogP contribution in [0.4, 0.5) is 11.4 Å². The van der Waals surface area contributed by atoms with Gasteiger partial charge in [0.2, 0.25) is 0 Å². The minimum Gasteiger partial charge on any atom is -0.381 e. The number of carbonyl (C=O) groups is 1. The quantitative estimate of drug-likeness (QED) is 0.357. The smallest absolute Gasteiger partial charge is 0.263 e. The molecular formula is C29H33N5O3S. The summed E-state index contributed by atoms with van der Waals surface area (Å²) < 4.78 is 11.8. The number of aromatic nitrogens is 1. The molecule has 6 rings (SSSR count). The second-order valence-corrected chi connectivity index (χ2v) is 11.1. The van der Waals surface area contributed by atoms with Crippen LogP contribution in [0, 0.1) is 0 Å². The molecule has 9 heteroatoms. The summed E-state index contributed by atoms with van der Waals surface area (Å²) in [6.45, 7) is 7.33. The highest BCUT2D eigenvalue weighted by atomic mass is 32.1. The lowest BCUT2D eigenvalue weighted by atomic mass is 10.1. The van der Waals surface area contributed by atoms with E-state index in [2.05, 4.69) is 69.0 Å². The summed E-state index contributed by atoms with van der Waals surface area (Å²) in [5, 5.41) is 8.72. The van der Waals surface area contributed by atoms with Gasteiger partial charge in [0, 0.05) is 86.3 Å². The number of nitrogens with zero attached hydrogens (tertiary/aromatic N) is 3. The van der Waals surface area contributed by atoms with Gasteiger partial charge in [0.15, 0.2) is 6.29 Å². The monoisotopic (exact) mass is 531 g/mol. The summed E-state index contributed by atoms with van der Waals surface area (Å²) in [7, 11) is 3.37. The SMILES string of the molecule is COC(CN1CCN(c2cccc(-c3ccc4c(ccc5sc6c(c54)NC[C@@H](C)NC6=O)n3)c2)CC1)OC. The molecule has 8 nitrogen and oxygen atoms in total. The minimum absolute atomic E-state index is 0.00807. The second-order valence-electron chi connectivity index (χ2n) is 10.0. The zero-order chi connectivity index (χ0) is 26.2. The molecule has 2 aliphatic rings. The first-order valence-electron chi connectivity index (χ1n) is 13.1. The molecule has 1 fully saturated rings. The van der Waals surface area contributed by atoms with Gasteiger partial charge in [-0.15, -0.1) is 11.3 Å². The summed E-state index contributed by atoms with van der Waals surface area (Å²) in [6, 6.07) is 17.1. The Morgan fingerprint density at radius 1 is 1.08 bits per heavy atom. The molecule has 38 heavy (non-hydrogen) atoms. The molecule has 0 bridgehead atoms. The van der Waals surface area contributed by atoms with Crippen molar-refractivity contribution >= 4 is 49.6 Å². The van der Waals surface area contributed by atoms with E-state index in [0.717, 1.165) is 75.5 Å². The molecule has 0 aliphatic carbocycles. The number of thiophene rings is 1. The van der Waals surface area contributed by atoms with Crippen molar-refractivity contribution in [2.75, 3.05) is 63.7 Å². The predicted octanol–water partition coefficient (Wildman–Crippen LogP) is 4.40. The lowest BCUT2D eigenvalue weighted by molar-refractivity contribution is -0.116. The van der Waals surface area contributed by atoms with Crippen molar-refractivity contribution < 1.29 is 14.3 Å². The van der Waals surface area contributed by atoms with Crippen LogP contribution in [0.2, 0.25) is 0 Å². The van der Waals surface area contributed by atoms with Crippen LogP contribution in [0.3, 0.4) is 0 Å². The van der Waals surface area contributed by atoms with Gasteiger partial charge in [-0.1, -0.05) is 12.1 Å². The van der Waals surface area contributed by atoms with Crippen molar-refractivity contribution in [3.8, 4) is 11.3 Å². The Labute approximate surface area is 226 Å². The summed E-state index contributed by atoms with van der Waals surface area (Å²) in [5.74, 6) is -0.00807. The molecule has 0 spiro atoms. The van der Waals surface area contributed by atoms with E-state index >= 15 is 0 Å². The van der Waals surface area contributed by atoms with Crippen LogP contribution in [0.1, 0.15) is 16.6 Å². The van der Waals surface area contributed by atoms with Gasteiger partial charge in [-0.05, 0) is 43.3 Å². The largest absolute Gasteiger partial charge is 0.381 e. The van der Waals surface area contributed by atoms with E-state index in [-0.39, 0.29) is 18.2 Å². The second kappa shape index (κ2) is 10.5. The molecule has 0 unspecified atom stereocenters. The fraction of sp³-hybridized carbons (Fsp3) is 0.379. The number of anilines is 2. The summed E-state index contributed by atoms with van der Waals surface area (Å²) in [5.41, 5.74) is 5.11. The zero-order valence-electron chi connectivity index (χ0n) is 22.0. The van der Waals surface area contributed by atoms with Gasteiger partial charge in [-0.25, -0.2) is 4.98 Å². The number of ether oxygens (including phenoxy) is 2. The highest BCUT2D eigenvalue weighted by Gasteiger charge is 2.25. The van der Waals surface area contributed by atoms with Gasteiger partial charge < -0.3 is 25.0 Å². The lowest BCUT2D eigenvalue weighted by Crippen LogP contribution is -2.49. The molecule has 2 aromatic carbocycles. The highest BCUT2D eigenvalue weighted by molar-refractivity contribution is 7.21. The standard InChI is InChI=1S/C29H33N5O3S/c1-18-16-30-27-26-21-7-8-22(32-23(21)9-10-24(26)38-28(27)29(35)31-18)19-5-4-6-20(15-19)34-13-11-33(12-14-34)17-25(36-2)37-3/h4-10,15,18,25,30H,11-14,16-17H2,1-3H3,(H,31,35)/t18-/m1/s1. The average molecular weight is 532 g/mol. The average Bonchev–Trinajstić information content (AvgIpc) is 3.27. The van der Waals surface area contributed by atoms with Crippen LogP contribution in [0.15, 0.2) is 48.5 Å². The zero-order valence-corrected chi connectivity index (χ0v) is 22.8. The highest BCUT2D eigenvalue weighted by Crippen LogP contribution is 2.41. The van der Waals surface area contributed by atoms with Crippen molar-refractivity contribution in [2.24, 2.45) is 0 Å². The van der Waals surface area contributed by atoms with Crippen molar-refractivity contribution in [2.45, 2.75) is 19.3 Å². The molecule has 1 saturated heterocycles. The van der Waals surface area contributed by atoms with Crippen LogP contribution in [-0.2, 0) is 9.47 Å². The van der Waals surface area contributed by atoms with E-state index in [4.69, 9.17) is 14.5 Å². The van der Waals surface area contributed by atoms with Crippen molar-refractivity contribution in [3.63, 3.8) is 0 Å². The third kappa shape index (κ3) is 4.71. The van der Waals surface area contributed by atoms with Gasteiger partial charge in [0.05, 0.1) is 16.9 Å². The Balaban J connectivity index is 1.26. The molecule has 1 atom stereocenters. The van der Waals surface area contributed by atoms with Gasteiger partial charge in [0.1, 0.15) is 4.88 Å². The topological polar surface area (TPSA) is 79.0 Å². The Hall–Kier alpha value is -3.24. The molecule has 1 amide bonds. The predicted molar refractivity (Wildman–Crippen MR) is 154 cm³/mol. The number of amides is 1. The van der Waals surface area contributed by atoms with E-state index in [0.29, 0.717) is 6.54 Å². The molecule has 198 valence electrons. The molecule has 4 aromatic rings. The van der Waals surface area contributed by atoms with Crippen molar-refractivity contribution in [3.05, 3.63) is 53.4 Å². The number of hydrogen-bond acceptors (Lipinski definition) is 8. The fourth-order valence-corrected chi connectivity index (χ4v) is 6.49. The Morgan fingerprint density at radius 3 is 2.68 bits per heavy atom. The summed E-state index contributed by atoms with van der Waals surface area (Å²) >= 11 is 1.54. The van der Waals surface area contributed by atoms with Gasteiger partial charge in [-0.2, -0.15) is 0 Å². The first-order valence-corrected chi connectivity index (χ1v) is 13.9. The van der Waals surface area contributed by atoms with Crippen LogP contribution in [0.5, 0.6) is 0 Å². The van der Waals surface area contributed by atoms with Crippen LogP contribution in [0.25, 0.3) is 32.2 Å². The Bertz CT molecular complexity index is 1480. The van der Waals surface area contributed by atoms with Gasteiger partial charge in [-0.3, -0.25) is 9.69 Å². The number of pyridine rings is 1. The Kier molecular flexibility index (Phi) is 6.92. The summed E-state index contributed by atoms with van der Waals surface area (Å²) in [4.78, 5) is 23.3. The fourth-order valence-electron chi connectivity index (χ4n) is 5.39. The van der Waals surface area contributed by atoms with E-state index in [1.165, 1.54) is 17.0 Å². The molecular weight excluding hydrogens is 498 g/mol. The van der Waals surface area contributed by atoms with Gasteiger partial charge in [0.25, 0.3) is 5.91 Å². The number of methoxy groups -OCH3 is 2. The van der Waals surface area contributed by atoms with E-state index in [1.54, 1.807) is 14.2 Å². The maximum Gasteiger partial charge on any atom is 0.263 e. The van der Waals surface area contributed by atoms with E-state index < -0.39 is 0 Å². The van der Waals surface area contributed by atoms with Crippen LogP contribution in [-0.4, -0.2) is 81.6 Å². The number of fused-ring (bicyclic) bond motifs is 5. The molecule has 4 heterocycles. The lowest BCUT2D eigenvalue weighted by Gasteiger charge is -2.37. The number of rotatable bonds is 6. The normalized spacial score (nSPS) is 18.5. The van der Waals surface area contributed by atoms with Crippen molar-refractivity contribution in [1.29, 1.82) is 0 Å². The first kappa shape index (κ1) is 25.1. The minimum atomic E-state index is -0.189. The number of piperazine rings is 1. The third-order valence-electron chi connectivity index (χ3n) is 7.50. The number of nitrogens with one attached hydrogen (secondary N) is 2. The number of hydrogen-bond donors (Lipinski definition) is 2. The Morgan fingerprint density at radius 2 is 1.89 bits per heavy atom. The third-order valence-corrected chi connectivity index (χ3v) is 8.66. The molecule has 2 N–H and O–H groups in total. The molecule has 2 aromatic heterocycles. The first-order chi connectivity index (χ1) is 18.5. The van der Waals surface area contributed by atoms with Crippen LogP contribution < -0.4 is 15.5 Å². The molecule has 0 saturated carbocycles. The van der Waals surface area contributed by atoms with E-state index in [1.807, 2.05) is 6.92 Å². The van der Waals surface area contributed by atoms with E-state index in [9.17, 15) is 4.79 Å². The van der Waals surface area contributed by atoms with Crippen LogP contribution >= 0.6 is 11.3 Å². The molecule has 2 aliphatic heterocycles. The van der Waals surface area contributed by atoms with Gasteiger partial charge >= 0.3 is 0 Å². The maximum absolute atomic E-state index is 12.7. The summed E-state index contributed by atoms with van der Waals surface area (Å²) in [6.07, 6.45) is -0.189. The van der Waals surface area contributed by atoms with Crippen molar-refractivity contribution in [1.82, 2.24) is 15.2 Å². The molecule has 0 radical (unpaired) electrons. The number of benzene rings is 2. The number of carbonyl (C=O) groups excluding carboxylic acids is 1. The maximum atomic E-state index is 12.7.